The smallest absolute Gasteiger partial charge is 0.335 e. The van der Waals surface area contributed by atoms with Gasteiger partial charge in [-0.2, -0.15) is 5.10 Å². The van der Waals surface area contributed by atoms with Crippen molar-refractivity contribution in [1.82, 2.24) is 9.78 Å². The second-order valence-electron chi connectivity index (χ2n) is 14.8. The van der Waals surface area contributed by atoms with Gasteiger partial charge in [-0.3, -0.25) is 28.8 Å². The predicted octanol–water partition coefficient (Wildman–Crippen LogP) is 7.10. The molecule has 4 heterocycles. The second kappa shape index (κ2) is 12.0. The summed E-state index contributed by atoms with van der Waals surface area (Å²) in [5, 5.41) is 27.3. The summed E-state index contributed by atoms with van der Waals surface area (Å²) in [5.41, 5.74) is 1.51. The minimum Gasteiger partial charge on any atom is -0.508 e. The van der Waals surface area contributed by atoms with E-state index in [1.165, 1.54) is 39.9 Å². The SMILES string of the molecule is Cc1c(-c2cc(N3C(=O)C4CC5C(=CCC6C(=O)N(c7cccc(C(=O)O)c7)C(=O)C65)C(c5ccccc5O)C4(C)C3=O)n(C)n2)sc2ccc(Cl)cc12. The summed E-state index contributed by atoms with van der Waals surface area (Å²) in [6.45, 7) is 3.75. The molecule has 0 radical (unpaired) electrons. The molecule has 5 aromatic rings. The zero-order valence-electron chi connectivity index (χ0n) is 29.3. The molecule has 4 aliphatic rings. The van der Waals surface area contributed by atoms with E-state index in [2.05, 4.69) is 0 Å². The maximum absolute atomic E-state index is 15.0. The van der Waals surface area contributed by atoms with Gasteiger partial charge in [0, 0.05) is 34.3 Å². The van der Waals surface area contributed by atoms with Crippen LogP contribution in [-0.2, 0) is 26.2 Å². The molecule has 6 atom stereocenters. The van der Waals surface area contributed by atoms with E-state index in [0.717, 1.165) is 31.0 Å². The quantitative estimate of drug-likeness (QED) is 0.142. The molecular weight excluding hydrogens is 728 g/mol. The van der Waals surface area contributed by atoms with Crippen LogP contribution in [0.4, 0.5) is 11.5 Å². The fourth-order valence-corrected chi connectivity index (χ4v) is 10.9. The van der Waals surface area contributed by atoms with Crippen molar-refractivity contribution >= 4 is 74.1 Å². The van der Waals surface area contributed by atoms with Crippen molar-refractivity contribution < 1.29 is 34.2 Å². The van der Waals surface area contributed by atoms with E-state index >= 15 is 4.79 Å². The summed E-state index contributed by atoms with van der Waals surface area (Å²) in [6, 6.07) is 19.9. The standard InChI is InChI=1S/C41H33ClN4O7S/c1-19-26-16-21(42)11-14-31(26)54-35(19)29-18-32(44(3)43-29)46-37(49)28-17-27-23(34(41(28,2)40(46)53)24-9-4-5-10-30(24)47)12-13-25-33(27)38(50)45(36(25)48)22-8-6-7-20(15-22)39(51)52/h4-12,14-16,18,25,27-28,33-34,47H,13,17H2,1-3H3,(H,51,52). The van der Waals surface area contributed by atoms with Crippen molar-refractivity contribution in [1.29, 1.82) is 0 Å². The first kappa shape index (κ1) is 34.2. The number of allylic oxidation sites excluding steroid dienone is 2. The van der Waals surface area contributed by atoms with E-state index in [-0.39, 0.29) is 29.8 Å². The number of halogens is 1. The molecular formula is C41H33ClN4O7S. The van der Waals surface area contributed by atoms with Crippen LogP contribution in [-0.4, -0.2) is 49.6 Å². The highest BCUT2D eigenvalue weighted by molar-refractivity contribution is 7.22. The highest BCUT2D eigenvalue weighted by Gasteiger charge is 2.68. The second-order valence-corrected chi connectivity index (χ2v) is 16.3. The average molecular weight is 761 g/mol. The third-order valence-electron chi connectivity index (χ3n) is 12.1. The Morgan fingerprint density at radius 3 is 2.48 bits per heavy atom. The van der Waals surface area contributed by atoms with Crippen LogP contribution in [0.1, 0.15) is 47.2 Å². The third kappa shape index (κ3) is 4.65. The first-order valence-corrected chi connectivity index (χ1v) is 18.8. The minimum atomic E-state index is -1.36. The van der Waals surface area contributed by atoms with Crippen molar-refractivity contribution in [2.45, 2.75) is 32.6 Å². The van der Waals surface area contributed by atoms with Crippen LogP contribution in [0.3, 0.4) is 0 Å². The van der Waals surface area contributed by atoms with Crippen molar-refractivity contribution in [3.63, 3.8) is 0 Å². The number of carbonyl (C=O) groups is 5. The zero-order valence-corrected chi connectivity index (χ0v) is 30.9. The Hall–Kier alpha value is -5.59. The summed E-state index contributed by atoms with van der Waals surface area (Å²) in [5.74, 6) is -6.64. The van der Waals surface area contributed by atoms with Gasteiger partial charge in [0.1, 0.15) is 17.3 Å². The Labute approximate surface area is 318 Å². The topological polar surface area (TPSA) is 150 Å². The molecule has 2 saturated heterocycles. The predicted molar refractivity (Wildman–Crippen MR) is 202 cm³/mol. The highest BCUT2D eigenvalue weighted by atomic mass is 35.5. The molecule has 11 nitrogen and oxygen atoms in total. The normalized spacial score (nSPS) is 26.3. The number of carboxylic acids is 1. The third-order valence-corrected chi connectivity index (χ3v) is 13.6. The molecule has 6 unspecified atom stereocenters. The van der Waals surface area contributed by atoms with Crippen molar-refractivity contribution in [3.8, 4) is 16.3 Å². The van der Waals surface area contributed by atoms with E-state index in [1.807, 2.05) is 31.2 Å². The Kier molecular flexibility index (Phi) is 7.57. The molecule has 13 heteroatoms. The number of hydrogen-bond donors (Lipinski definition) is 2. The van der Waals surface area contributed by atoms with Crippen molar-refractivity contribution in [2.24, 2.45) is 36.1 Å². The number of phenols is 1. The Morgan fingerprint density at radius 1 is 0.944 bits per heavy atom. The number of fused-ring (bicyclic) bond motifs is 5. The number of benzene rings is 3. The van der Waals surface area contributed by atoms with Crippen molar-refractivity contribution in [2.75, 3.05) is 9.80 Å². The summed E-state index contributed by atoms with van der Waals surface area (Å²) in [4.78, 5) is 73.1. The lowest BCUT2D eigenvalue weighted by Gasteiger charge is -2.49. The monoisotopic (exact) mass is 760 g/mol. The van der Waals surface area contributed by atoms with E-state index in [9.17, 15) is 29.4 Å². The van der Waals surface area contributed by atoms with Gasteiger partial charge in [-0.05, 0) is 86.0 Å². The number of aryl methyl sites for hydroxylation is 2. The molecule has 272 valence electrons. The number of phenolic OH excluding ortho intramolecular Hbond substituents is 1. The number of aromatic carboxylic acids is 1. The molecule has 54 heavy (non-hydrogen) atoms. The fraction of sp³-hybridized carbons (Fsp3) is 0.268. The zero-order chi connectivity index (χ0) is 38.0. The molecule has 9 rings (SSSR count). The number of para-hydroxylation sites is 1. The lowest BCUT2D eigenvalue weighted by molar-refractivity contribution is -0.131. The maximum atomic E-state index is 15.0. The first-order chi connectivity index (χ1) is 25.8. The van der Waals surface area contributed by atoms with Gasteiger partial charge in [0.05, 0.1) is 39.3 Å². The number of anilines is 2. The number of imide groups is 2. The summed E-state index contributed by atoms with van der Waals surface area (Å²) in [6.07, 6.45) is 2.24. The van der Waals surface area contributed by atoms with Crippen LogP contribution < -0.4 is 9.80 Å². The minimum absolute atomic E-state index is 0.0473. The number of hydrogen-bond acceptors (Lipinski definition) is 8. The van der Waals surface area contributed by atoms with Crippen LogP contribution >= 0.6 is 22.9 Å². The number of carbonyl (C=O) groups excluding carboxylic acids is 4. The molecule has 2 N–H and O–H groups in total. The number of nitrogens with zero attached hydrogens (tertiary/aromatic N) is 4. The summed E-state index contributed by atoms with van der Waals surface area (Å²) < 4.78 is 2.56. The van der Waals surface area contributed by atoms with Gasteiger partial charge < -0.3 is 10.2 Å². The van der Waals surface area contributed by atoms with Gasteiger partial charge in [0.25, 0.3) is 0 Å². The van der Waals surface area contributed by atoms with Gasteiger partial charge in [-0.15, -0.1) is 11.3 Å². The Balaban J connectivity index is 1.14. The lowest BCUT2D eigenvalue weighted by atomic mass is 9.51. The molecule has 2 aliphatic heterocycles. The van der Waals surface area contributed by atoms with E-state index in [1.54, 1.807) is 49.6 Å². The Morgan fingerprint density at radius 2 is 1.72 bits per heavy atom. The summed E-state index contributed by atoms with van der Waals surface area (Å²) in [7, 11) is 1.69. The fourth-order valence-electron chi connectivity index (χ4n) is 9.56. The Bertz CT molecular complexity index is 2560. The van der Waals surface area contributed by atoms with Gasteiger partial charge in [-0.25, -0.2) is 9.69 Å². The molecule has 1 saturated carbocycles. The number of aromatic nitrogens is 2. The molecule has 0 spiro atoms. The van der Waals surface area contributed by atoms with Gasteiger partial charge in [0.15, 0.2) is 0 Å². The van der Waals surface area contributed by atoms with Gasteiger partial charge >= 0.3 is 5.97 Å². The number of carboxylic acid groups (broad SMARTS) is 1. The number of aromatic hydroxyl groups is 1. The highest BCUT2D eigenvalue weighted by Crippen LogP contribution is 2.64. The average Bonchev–Trinajstić information content (AvgIpc) is 3.82. The molecule has 3 aromatic carbocycles. The molecule has 2 aliphatic carbocycles. The van der Waals surface area contributed by atoms with Gasteiger partial charge in [0.2, 0.25) is 23.6 Å². The van der Waals surface area contributed by atoms with Crippen LogP contribution in [0.2, 0.25) is 5.02 Å². The summed E-state index contributed by atoms with van der Waals surface area (Å²) >= 11 is 7.84. The first-order valence-electron chi connectivity index (χ1n) is 17.6. The maximum Gasteiger partial charge on any atom is 0.335 e. The molecule has 2 aromatic heterocycles. The van der Waals surface area contributed by atoms with Crippen LogP contribution in [0.5, 0.6) is 5.75 Å². The van der Waals surface area contributed by atoms with E-state index in [4.69, 9.17) is 16.7 Å². The van der Waals surface area contributed by atoms with E-state index in [0.29, 0.717) is 22.1 Å². The molecule has 0 bridgehead atoms. The lowest BCUT2D eigenvalue weighted by Crippen LogP contribution is -2.49. The number of rotatable bonds is 5. The number of amides is 4. The van der Waals surface area contributed by atoms with Crippen LogP contribution in [0.15, 0.2) is 84.4 Å². The number of thiophene rings is 1. The van der Waals surface area contributed by atoms with Crippen molar-refractivity contribution in [3.05, 3.63) is 106 Å². The van der Waals surface area contributed by atoms with Crippen LogP contribution in [0.25, 0.3) is 20.7 Å². The van der Waals surface area contributed by atoms with Gasteiger partial charge in [-0.1, -0.05) is 47.5 Å². The molecule has 4 amide bonds. The van der Waals surface area contributed by atoms with Crippen LogP contribution in [0, 0.1) is 36.0 Å². The molecule has 3 fully saturated rings. The van der Waals surface area contributed by atoms with E-state index < -0.39 is 64.6 Å². The largest absolute Gasteiger partial charge is 0.508 e.